The molecule has 220 valence electrons. The zero-order valence-electron chi connectivity index (χ0n) is 24.3. The molecule has 2 aromatic carbocycles. The van der Waals surface area contributed by atoms with Crippen molar-refractivity contribution in [2.45, 2.75) is 57.2 Å². The lowest BCUT2D eigenvalue weighted by molar-refractivity contribution is -0.161. The highest BCUT2D eigenvalue weighted by Gasteiger charge is 2.53. The van der Waals surface area contributed by atoms with E-state index in [0.29, 0.717) is 42.9 Å². The van der Waals surface area contributed by atoms with Gasteiger partial charge in [-0.3, -0.25) is 24.3 Å². The second-order valence-electron chi connectivity index (χ2n) is 11.1. The molecule has 2 fully saturated rings. The second kappa shape index (κ2) is 13.2. The second-order valence-corrected chi connectivity index (χ2v) is 11.1. The summed E-state index contributed by atoms with van der Waals surface area (Å²) in [4.78, 5) is 47.5. The molecule has 3 heterocycles. The van der Waals surface area contributed by atoms with Crippen LogP contribution in [0.3, 0.4) is 0 Å². The predicted octanol–water partition coefficient (Wildman–Crippen LogP) is 3.94. The standard InChI is InChI=1S/C33H39N5O4/c1-3-4-18-38-31(40)29(21-25-6-5-17-35-22-25)36-32(41)33(38)15-19-37(20-16-33)23-24-7-11-27(12-8-24)42-28-13-9-26(10-14-28)30(39)34-2/h5-14,17,22,29H,3-4,15-16,18-21,23H2,1-2H3,(H,34,39)(H,36,41). The topological polar surface area (TPSA) is 104 Å². The van der Waals surface area contributed by atoms with Crippen LogP contribution in [0.15, 0.2) is 73.1 Å². The summed E-state index contributed by atoms with van der Waals surface area (Å²) in [5, 5.41) is 5.68. The summed E-state index contributed by atoms with van der Waals surface area (Å²) >= 11 is 0. The van der Waals surface area contributed by atoms with E-state index in [4.69, 9.17) is 4.74 Å². The average molecular weight is 570 g/mol. The van der Waals surface area contributed by atoms with Gasteiger partial charge in [0.05, 0.1) is 0 Å². The highest BCUT2D eigenvalue weighted by molar-refractivity contribution is 6.00. The molecule has 0 bridgehead atoms. The fourth-order valence-electron chi connectivity index (χ4n) is 5.86. The van der Waals surface area contributed by atoms with Gasteiger partial charge >= 0.3 is 0 Å². The van der Waals surface area contributed by atoms with Gasteiger partial charge in [0.2, 0.25) is 11.8 Å². The third-order valence-corrected chi connectivity index (χ3v) is 8.30. The smallest absolute Gasteiger partial charge is 0.251 e. The fourth-order valence-corrected chi connectivity index (χ4v) is 5.86. The lowest BCUT2D eigenvalue weighted by atomic mass is 9.81. The van der Waals surface area contributed by atoms with Crippen LogP contribution >= 0.6 is 0 Å². The number of rotatable bonds is 10. The number of unbranched alkanes of at least 4 members (excludes halogenated alkanes) is 1. The van der Waals surface area contributed by atoms with Gasteiger partial charge < -0.3 is 20.3 Å². The molecule has 3 aromatic rings. The van der Waals surface area contributed by atoms with Crippen LogP contribution in [0.1, 0.15) is 54.1 Å². The van der Waals surface area contributed by atoms with Gasteiger partial charge in [-0.2, -0.15) is 0 Å². The normalized spacial score (nSPS) is 18.5. The van der Waals surface area contributed by atoms with Crippen LogP contribution in [0.25, 0.3) is 0 Å². The number of piperidine rings is 1. The molecule has 2 aliphatic heterocycles. The van der Waals surface area contributed by atoms with E-state index in [-0.39, 0.29) is 17.7 Å². The Labute approximate surface area is 247 Å². The van der Waals surface area contributed by atoms with Crippen LogP contribution in [0.4, 0.5) is 0 Å². The molecule has 1 aromatic heterocycles. The van der Waals surface area contributed by atoms with E-state index in [9.17, 15) is 14.4 Å². The molecule has 42 heavy (non-hydrogen) atoms. The van der Waals surface area contributed by atoms with Crippen molar-refractivity contribution in [3.8, 4) is 11.5 Å². The summed E-state index contributed by atoms with van der Waals surface area (Å²) in [6.07, 6.45) is 6.97. The van der Waals surface area contributed by atoms with Crippen molar-refractivity contribution < 1.29 is 19.1 Å². The van der Waals surface area contributed by atoms with Crippen molar-refractivity contribution >= 4 is 17.7 Å². The summed E-state index contributed by atoms with van der Waals surface area (Å²) in [6, 6.07) is 18.2. The van der Waals surface area contributed by atoms with E-state index >= 15 is 0 Å². The first kappa shape index (κ1) is 29.3. The Kier molecular flexibility index (Phi) is 9.17. The van der Waals surface area contributed by atoms with Gasteiger partial charge in [0, 0.05) is 57.6 Å². The van der Waals surface area contributed by atoms with Crippen molar-refractivity contribution in [2.75, 3.05) is 26.7 Å². The molecule has 9 nitrogen and oxygen atoms in total. The van der Waals surface area contributed by atoms with Crippen molar-refractivity contribution in [3.63, 3.8) is 0 Å². The Hall–Kier alpha value is -4.24. The van der Waals surface area contributed by atoms with E-state index in [1.165, 1.54) is 0 Å². The molecular formula is C33H39N5O4. The minimum absolute atomic E-state index is 0.0132. The Bertz CT molecular complexity index is 1370. The highest BCUT2D eigenvalue weighted by Crippen LogP contribution is 2.34. The number of aromatic nitrogens is 1. The molecule has 5 rings (SSSR count). The largest absolute Gasteiger partial charge is 0.457 e. The maximum absolute atomic E-state index is 13.7. The SMILES string of the molecule is CCCCN1C(=O)C(Cc2cccnc2)NC(=O)C12CCN(Cc1ccc(Oc3ccc(C(=O)NC)cc3)cc1)CC2. The van der Waals surface area contributed by atoms with Gasteiger partial charge in [-0.05, 0) is 72.9 Å². The number of benzene rings is 2. The number of hydrogen-bond acceptors (Lipinski definition) is 6. The number of amides is 3. The number of likely N-dealkylation sites (tertiary alicyclic amines) is 1. The van der Waals surface area contributed by atoms with Gasteiger partial charge in [0.1, 0.15) is 23.1 Å². The molecule has 0 radical (unpaired) electrons. The van der Waals surface area contributed by atoms with E-state index in [1.807, 2.05) is 41.3 Å². The molecule has 3 amide bonds. The third-order valence-electron chi connectivity index (χ3n) is 8.30. The number of pyridine rings is 1. The molecule has 1 spiro atoms. The van der Waals surface area contributed by atoms with Crippen LogP contribution in [0.2, 0.25) is 0 Å². The zero-order valence-corrected chi connectivity index (χ0v) is 24.3. The molecule has 2 aliphatic rings. The van der Waals surface area contributed by atoms with Crippen LogP contribution in [-0.2, 0) is 22.6 Å². The van der Waals surface area contributed by atoms with Crippen LogP contribution < -0.4 is 15.4 Å². The lowest BCUT2D eigenvalue weighted by Crippen LogP contribution is -2.73. The van der Waals surface area contributed by atoms with Gasteiger partial charge in [0.15, 0.2) is 0 Å². The van der Waals surface area contributed by atoms with Crippen molar-refractivity contribution in [1.82, 2.24) is 25.4 Å². The summed E-state index contributed by atoms with van der Waals surface area (Å²) in [5.74, 6) is 1.22. The van der Waals surface area contributed by atoms with E-state index in [2.05, 4.69) is 27.4 Å². The van der Waals surface area contributed by atoms with Crippen LogP contribution in [-0.4, -0.2) is 70.8 Å². The first-order valence-electron chi connectivity index (χ1n) is 14.7. The van der Waals surface area contributed by atoms with Gasteiger partial charge in [-0.15, -0.1) is 0 Å². The number of carbonyl (C=O) groups is 3. The molecule has 1 atom stereocenters. The zero-order chi connectivity index (χ0) is 29.5. The number of ether oxygens (including phenoxy) is 1. The molecule has 2 saturated heterocycles. The number of nitrogens with one attached hydrogen (secondary N) is 2. The van der Waals surface area contributed by atoms with Crippen molar-refractivity contribution in [1.29, 1.82) is 0 Å². The fraction of sp³-hybridized carbons (Fsp3) is 0.394. The summed E-state index contributed by atoms with van der Waals surface area (Å²) in [7, 11) is 1.60. The van der Waals surface area contributed by atoms with E-state index < -0.39 is 11.6 Å². The first-order chi connectivity index (χ1) is 20.4. The quantitative estimate of drug-likeness (QED) is 0.384. The molecular weight excluding hydrogens is 530 g/mol. The summed E-state index contributed by atoms with van der Waals surface area (Å²) in [6.45, 7) is 4.92. The molecule has 9 heteroatoms. The number of hydrogen-bond donors (Lipinski definition) is 2. The van der Waals surface area contributed by atoms with Crippen LogP contribution in [0, 0.1) is 0 Å². The lowest BCUT2D eigenvalue weighted by Gasteiger charge is -2.51. The van der Waals surface area contributed by atoms with Crippen molar-refractivity contribution in [3.05, 3.63) is 89.7 Å². The molecule has 1 unspecified atom stereocenters. The third kappa shape index (κ3) is 6.46. The molecule has 2 N–H and O–H groups in total. The summed E-state index contributed by atoms with van der Waals surface area (Å²) < 4.78 is 5.95. The van der Waals surface area contributed by atoms with E-state index in [1.54, 1.807) is 43.7 Å². The van der Waals surface area contributed by atoms with Gasteiger partial charge in [-0.25, -0.2) is 0 Å². The number of piperazine rings is 1. The maximum Gasteiger partial charge on any atom is 0.251 e. The monoisotopic (exact) mass is 569 g/mol. The number of carbonyl (C=O) groups excluding carboxylic acids is 3. The Balaban J connectivity index is 1.19. The van der Waals surface area contributed by atoms with Crippen LogP contribution in [0.5, 0.6) is 11.5 Å². The minimum Gasteiger partial charge on any atom is -0.457 e. The maximum atomic E-state index is 13.7. The highest BCUT2D eigenvalue weighted by atomic mass is 16.5. The number of nitrogens with zero attached hydrogens (tertiary/aromatic N) is 3. The minimum atomic E-state index is -0.792. The van der Waals surface area contributed by atoms with Gasteiger partial charge in [0.25, 0.3) is 5.91 Å². The van der Waals surface area contributed by atoms with Crippen molar-refractivity contribution in [2.24, 2.45) is 0 Å². The van der Waals surface area contributed by atoms with Gasteiger partial charge in [-0.1, -0.05) is 31.5 Å². The molecule has 0 aliphatic carbocycles. The molecule has 0 saturated carbocycles. The van der Waals surface area contributed by atoms with E-state index in [0.717, 1.165) is 43.6 Å². The predicted molar refractivity (Wildman–Crippen MR) is 160 cm³/mol. The summed E-state index contributed by atoms with van der Waals surface area (Å²) in [5.41, 5.74) is 1.88. The Morgan fingerprint density at radius 1 is 1.02 bits per heavy atom. The first-order valence-corrected chi connectivity index (χ1v) is 14.7. The Morgan fingerprint density at radius 2 is 1.71 bits per heavy atom. The average Bonchev–Trinajstić information content (AvgIpc) is 3.02. The Morgan fingerprint density at radius 3 is 2.33 bits per heavy atom.